The van der Waals surface area contributed by atoms with Crippen molar-refractivity contribution >= 4 is 16.2 Å². The van der Waals surface area contributed by atoms with Crippen molar-refractivity contribution in [3.8, 4) is 0 Å². The lowest BCUT2D eigenvalue weighted by atomic mass is 9.75. The third kappa shape index (κ3) is 3.61. The predicted octanol–water partition coefficient (Wildman–Crippen LogP) is 0.691. The molecule has 0 aromatic rings. The van der Waals surface area contributed by atoms with Crippen LogP contribution in [0, 0.1) is 5.92 Å². The normalized spacial score (nSPS) is 34.6. The van der Waals surface area contributed by atoms with Crippen molar-refractivity contribution in [1.29, 1.82) is 0 Å². The van der Waals surface area contributed by atoms with E-state index in [0.717, 1.165) is 0 Å². The van der Waals surface area contributed by atoms with E-state index in [2.05, 4.69) is 0 Å². The molecule has 3 N–H and O–H groups in total. The van der Waals surface area contributed by atoms with Gasteiger partial charge in [-0.3, -0.25) is 0 Å². The van der Waals surface area contributed by atoms with Gasteiger partial charge in [-0.15, -0.1) is 0 Å². The molecule has 3 atom stereocenters. The highest BCUT2D eigenvalue weighted by molar-refractivity contribution is 7.48. The molecule has 0 heterocycles. The van der Waals surface area contributed by atoms with Gasteiger partial charge in [0.05, 0.1) is 14.0 Å². The average molecular weight is 198 g/mol. The zero-order valence-corrected chi connectivity index (χ0v) is 8.01. The van der Waals surface area contributed by atoms with Crippen LogP contribution < -0.4 is 0 Å². The van der Waals surface area contributed by atoms with Crippen LogP contribution >= 0.6 is 8.38 Å². The van der Waals surface area contributed by atoms with Gasteiger partial charge in [0.15, 0.2) is 8.38 Å². The fraction of sp³-hybridized carbons (Fsp3) is 0.500. The van der Waals surface area contributed by atoms with E-state index in [0.29, 0.717) is 6.42 Å². The molecule has 70 valence electrons. The lowest BCUT2D eigenvalue weighted by Crippen LogP contribution is -2.22. The molecule has 0 aromatic carbocycles. The first-order valence-corrected chi connectivity index (χ1v) is 5.38. The van der Waals surface area contributed by atoms with Gasteiger partial charge in [0.25, 0.3) is 0 Å². The van der Waals surface area contributed by atoms with Gasteiger partial charge in [-0.2, -0.15) is 0 Å². The molecule has 0 saturated heterocycles. The van der Waals surface area contributed by atoms with Gasteiger partial charge in [0, 0.05) is 5.92 Å². The molecule has 0 aliphatic heterocycles. The lowest BCUT2D eigenvalue weighted by Gasteiger charge is -2.24. The molecule has 3 nitrogen and oxygen atoms in total. The Balaban J connectivity index is 2.55. The molecule has 0 spiro atoms. The molecule has 2 radical (unpaired) electrons. The Bertz CT molecular complexity index is 217. The van der Waals surface area contributed by atoms with Crippen molar-refractivity contribution in [3.05, 3.63) is 24.0 Å². The molecular weight excluding hydrogens is 186 g/mol. The second kappa shape index (κ2) is 4.92. The van der Waals surface area contributed by atoms with Crippen molar-refractivity contribution in [1.82, 2.24) is 0 Å². The zero-order valence-electron chi connectivity index (χ0n) is 7.11. The van der Waals surface area contributed by atoms with Gasteiger partial charge in [0.2, 0.25) is 0 Å². The fourth-order valence-corrected chi connectivity index (χ4v) is 1.64. The van der Waals surface area contributed by atoms with Crippen LogP contribution in [0.3, 0.4) is 0 Å². The van der Waals surface area contributed by atoms with Crippen LogP contribution in [0.15, 0.2) is 24.0 Å². The van der Waals surface area contributed by atoms with Crippen LogP contribution in [0.1, 0.15) is 6.42 Å². The van der Waals surface area contributed by atoms with E-state index in [1.165, 1.54) is 5.82 Å². The lowest BCUT2D eigenvalue weighted by molar-refractivity contribution is 0.135. The fourth-order valence-electron chi connectivity index (χ4n) is 1.28. The summed E-state index contributed by atoms with van der Waals surface area (Å²) in [5.74, 6) is 1.05. The molecule has 0 fully saturated rings. The van der Waals surface area contributed by atoms with Gasteiger partial charge in [-0.1, -0.05) is 24.0 Å². The number of aliphatic hydroxyl groups excluding tert-OH is 1. The molecule has 5 heteroatoms. The number of aliphatic hydroxyl groups is 1. The molecule has 0 bridgehead atoms. The van der Waals surface area contributed by atoms with E-state index in [4.69, 9.17) is 17.6 Å². The maximum atomic E-state index is 9.51. The Morgan fingerprint density at radius 2 is 2.08 bits per heavy atom. The zero-order chi connectivity index (χ0) is 9.84. The Labute approximate surface area is 80.1 Å². The standard InChI is InChI=1S/C8H12BO3P/c9-7-2-1-6(8(10)5-7)3-4-13(11)12/h1-4,6-8,10-12H,5H2/b4-3+. The van der Waals surface area contributed by atoms with E-state index in [-0.39, 0.29) is 11.7 Å². The summed E-state index contributed by atoms with van der Waals surface area (Å²) in [4.78, 5) is 17.2. The van der Waals surface area contributed by atoms with Crippen LogP contribution in [0.4, 0.5) is 0 Å². The Hall–Kier alpha value is -0.145. The van der Waals surface area contributed by atoms with Gasteiger partial charge in [0.1, 0.15) is 0 Å². The largest absolute Gasteiger partial charge is 0.392 e. The Kier molecular flexibility index (Phi) is 4.14. The first kappa shape index (κ1) is 10.9. The number of rotatable bonds is 2. The number of hydrogen-bond acceptors (Lipinski definition) is 3. The van der Waals surface area contributed by atoms with Crippen LogP contribution in [0.5, 0.6) is 0 Å². The molecule has 1 aliphatic rings. The Morgan fingerprint density at radius 1 is 1.38 bits per heavy atom. The molecule has 1 aliphatic carbocycles. The summed E-state index contributed by atoms with van der Waals surface area (Å²) in [6.45, 7) is 0. The monoisotopic (exact) mass is 198 g/mol. The third-order valence-corrected chi connectivity index (χ3v) is 2.42. The smallest absolute Gasteiger partial charge is 0.191 e. The minimum atomic E-state index is -2.01. The number of hydrogen-bond donors (Lipinski definition) is 3. The van der Waals surface area contributed by atoms with Crippen LogP contribution in [-0.4, -0.2) is 28.8 Å². The summed E-state index contributed by atoms with van der Waals surface area (Å²) in [5.41, 5.74) is 0. The van der Waals surface area contributed by atoms with E-state index < -0.39 is 14.5 Å². The molecule has 3 unspecified atom stereocenters. The van der Waals surface area contributed by atoms with E-state index in [1.807, 2.05) is 6.08 Å². The summed E-state index contributed by atoms with van der Waals surface area (Å²) in [6.07, 6.45) is 5.19. The molecule has 0 aromatic heterocycles. The van der Waals surface area contributed by atoms with Gasteiger partial charge in [-0.05, 0) is 12.2 Å². The first-order chi connectivity index (χ1) is 6.09. The molecule has 0 amide bonds. The molecule has 13 heavy (non-hydrogen) atoms. The van der Waals surface area contributed by atoms with Crippen molar-refractivity contribution < 1.29 is 14.9 Å². The third-order valence-electron chi connectivity index (χ3n) is 1.98. The maximum absolute atomic E-state index is 9.51. The quantitative estimate of drug-likeness (QED) is 0.347. The van der Waals surface area contributed by atoms with Crippen molar-refractivity contribution in [2.24, 2.45) is 5.92 Å². The molecule has 1 rings (SSSR count). The van der Waals surface area contributed by atoms with Gasteiger partial charge in [-0.25, -0.2) is 0 Å². The first-order valence-electron chi connectivity index (χ1n) is 4.07. The second-order valence-electron chi connectivity index (χ2n) is 3.09. The summed E-state index contributed by atoms with van der Waals surface area (Å²) < 4.78 is 0. The van der Waals surface area contributed by atoms with E-state index >= 15 is 0 Å². The number of allylic oxidation sites excluding steroid dienone is 1. The van der Waals surface area contributed by atoms with Crippen LogP contribution in [0.25, 0.3) is 0 Å². The van der Waals surface area contributed by atoms with Gasteiger partial charge < -0.3 is 14.9 Å². The minimum absolute atomic E-state index is 0.0931. The highest BCUT2D eigenvalue weighted by Crippen LogP contribution is 2.29. The summed E-state index contributed by atoms with van der Waals surface area (Å²) in [5, 5.41) is 9.51. The predicted molar refractivity (Wildman–Crippen MR) is 53.3 cm³/mol. The SMILES string of the molecule is [B]C1C=CC(/C=C/P(O)O)C(O)C1. The summed E-state index contributed by atoms with van der Waals surface area (Å²) in [6, 6.07) is 0. The average Bonchev–Trinajstić information content (AvgIpc) is 2.02. The van der Waals surface area contributed by atoms with Crippen LogP contribution in [0.2, 0.25) is 5.82 Å². The molecule has 0 saturated carbocycles. The van der Waals surface area contributed by atoms with Gasteiger partial charge >= 0.3 is 0 Å². The van der Waals surface area contributed by atoms with E-state index in [9.17, 15) is 5.11 Å². The van der Waals surface area contributed by atoms with Crippen molar-refractivity contribution in [3.63, 3.8) is 0 Å². The summed E-state index contributed by atoms with van der Waals surface area (Å²) >= 11 is 0. The molecular formula is C8H12BO3P. The van der Waals surface area contributed by atoms with Crippen molar-refractivity contribution in [2.45, 2.75) is 18.3 Å². The highest BCUT2D eigenvalue weighted by atomic mass is 31.2. The maximum Gasteiger partial charge on any atom is 0.191 e. The van der Waals surface area contributed by atoms with E-state index in [1.54, 1.807) is 12.2 Å². The van der Waals surface area contributed by atoms with Crippen molar-refractivity contribution in [2.75, 3.05) is 0 Å². The highest BCUT2D eigenvalue weighted by Gasteiger charge is 2.19. The van der Waals surface area contributed by atoms with Crippen LogP contribution in [-0.2, 0) is 0 Å². The Morgan fingerprint density at radius 3 is 2.62 bits per heavy atom. The minimum Gasteiger partial charge on any atom is -0.392 e. The second-order valence-corrected chi connectivity index (χ2v) is 4.03. The topological polar surface area (TPSA) is 60.7 Å². The summed E-state index contributed by atoms with van der Waals surface area (Å²) in [7, 11) is 3.57.